The molecule has 0 bridgehead atoms. The molecule has 2 aliphatic heterocycles. The Morgan fingerprint density at radius 3 is 2.79 bits per heavy atom. The van der Waals surface area contributed by atoms with Gasteiger partial charge in [0.25, 0.3) is 5.89 Å². The Bertz CT molecular complexity index is 1020. The topological polar surface area (TPSA) is 68.5 Å². The molecule has 2 aromatic carbocycles. The molecule has 0 aliphatic carbocycles. The molecule has 29 heavy (non-hydrogen) atoms. The van der Waals surface area contributed by atoms with Crippen molar-refractivity contribution < 1.29 is 14.1 Å². The first-order chi connectivity index (χ1) is 14.3. The van der Waals surface area contributed by atoms with E-state index in [2.05, 4.69) is 27.2 Å². The Hall–Kier alpha value is -2.99. The first kappa shape index (κ1) is 18.1. The van der Waals surface area contributed by atoms with Crippen LogP contribution >= 0.6 is 0 Å². The molecule has 0 saturated carbocycles. The highest BCUT2D eigenvalue weighted by molar-refractivity contribution is 5.92. The lowest BCUT2D eigenvalue weighted by Gasteiger charge is -2.26. The number of nitrogens with zero attached hydrogens (tertiary/aromatic N) is 3. The van der Waals surface area contributed by atoms with E-state index in [1.54, 1.807) is 6.07 Å². The first-order valence-electron chi connectivity index (χ1n) is 10.2. The van der Waals surface area contributed by atoms with E-state index in [0.29, 0.717) is 23.7 Å². The zero-order chi connectivity index (χ0) is 19.6. The number of esters is 1. The largest absolute Gasteiger partial charge is 0.448 e. The minimum Gasteiger partial charge on any atom is -0.448 e. The van der Waals surface area contributed by atoms with Gasteiger partial charge in [0.05, 0.1) is 5.56 Å². The summed E-state index contributed by atoms with van der Waals surface area (Å²) in [6, 6.07) is 15.7. The van der Waals surface area contributed by atoms with Crippen molar-refractivity contribution in [1.82, 2.24) is 15.0 Å². The Balaban J connectivity index is 1.34. The highest BCUT2D eigenvalue weighted by Crippen LogP contribution is 2.30. The van der Waals surface area contributed by atoms with E-state index < -0.39 is 6.10 Å². The van der Waals surface area contributed by atoms with E-state index in [-0.39, 0.29) is 5.97 Å². The summed E-state index contributed by atoms with van der Waals surface area (Å²) in [5.41, 5.74) is 3.71. The minimum absolute atomic E-state index is 0.337. The molecule has 3 aromatic rings. The Morgan fingerprint density at radius 1 is 1.03 bits per heavy atom. The number of likely N-dealkylation sites (tertiary alicyclic amines) is 1. The van der Waals surface area contributed by atoms with Crippen molar-refractivity contribution in [3.05, 3.63) is 71.1 Å². The molecule has 0 amide bonds. The second-order valence-corrected chi connectivity index (χ2v) is 7.75. The van der Waals surface area contributed by atoms with E-state index in [1.165, 1.54) is 24.8 Å². The van der Waals surface area contributed by atoms with Crippen molar-refractivity contribution in [2.45, 2.75) is 38.3 Å². The maximum absolute atomic E-state index is 12.3. The summed E-state index contributed by atoms with van der Waals surface area (Å²) in [5, 5.41) is 4.14. The highest BCUT2D eigenvalue weighted by atomic mass is 16.6. The molecule has 0 radical (unpaired) electrons. The van der Waals surface area contributed by atoms with E-state index in [1.807, 2.05) is 30.3 Å². The van der Waals surface area contributed by atoms with Crippen LogP contribution in [-0.2, 0) is 17.7 Å². The number of aromatic nitrogens is 2. The molecule has 6 nitrogen and oxygen atoms in total. The molecule has 1 atom stereocenters. The molecule has 1 fully saturated rings. The third-order valence-electron chi connectivity index (χ3n) is 5.65. The lowest BCUT2D eigenvalue weighted by molar-refractivity contribution is 0.0168. The number of cyclic esters (lactones) is 1. The molecule has 148 valence electrons. The lowest BCUT2D eigenvalue weighted by Crippen LogP contribution is -2.29. The van der Waals surface area contributed by atoms with E-state index in [9.17, 15) is 4.79 Å². The standard InChI is InChI=1S/C23H23N3O3/c27-23-19-10-3-2-8-17(19)14-20(28-23)22-24-21(25-29-22)18-9-6-7-16(13-18)15-26-11-4-1-5-12-26/h2-3,6-10,13,20H,1,4-5,11-12,14-15H2. The van der Waals surface area contributed by atoms with E-state index >= 15 is 0 Å². The van der Waals surface area contributed by atoms with Crippen LogP contribution in [0, 0.1) is 0 Å². The summed E-state index contributed by atoms with van der Waals surface area (Å²) < 4.78 is 11.0. The molecular formula is C23H23N3O3. The molecule has 1 unspecified atom stereocenters. The number of hydrogen-bond acceptors (Lipinski definition) is 6. The molecular weight excluding hydrogens is 366 g/mol. The monoisotopic (exact) mass is 389 g/mol. The van der Waals surface area contributed by atoms with Gasteiger partial charge in [0, 0.05) is 18.5 Å². The van der Waals surface area contributed by atoms with Gasteiger partial charge in [-0.1, -0.05) is 48.0 Å². The zero-order valence-electron chi connectivity index (χ0n) is 16.2. The van der Waals surface area contributed by atoms with Gasteiger partial charge in [-0.3, -0.25) is 4.90 Å². The van der Waals surface area contributed by atoms with Crippen LogP contribution in [0.4, 0.5) is 0 Å². The van der Waals surface area contributed by atoms with Gasteiger partial charge >= 0.3 is 5.97 Å². The maximum Gasteiger partial charge on any atom is 0.339 e. The van der Waals surface area contributed by atoms with E-state index in [4.69, 9.17) is 9.26 Å². The average Bonchev–Trinajstić information content (AvgIpc) is 3.25. The van der Waals surface area contributed by atoms with Crippen LogP contribution in [0.1, 0.15) is 52.7 Å². The van der Waals surface area contributed by atoms with Crippen molar-refractivity contribution in [1.29, 1.82) is 0 Å². The Labute approximate surface area is 169 Å². The predicted molar refractivity (Wildman–Crippen MR) is 107 cm³/mol. The second kappa shape index (κ2) is 7.79. The number of hydrogen-bond donors (Lipinski definition) is 0. The van der Waals surface area contributed by atoms with Crippen LogP contribution in [0.5, 0.6) is 0 Å². The number of rotatable bonds is 4. The fourth-order valence-electron chi connectivity index (χ4n) is 4.14. The van der Waals surface area contributed by atoms with E-state index in [0.717, 1.165) is 30.8 Å². The van der Waals surface area contributed by atoms with Crippen molar-refractivity contribution in [2.24, 2.45) is 0 Å². The van der Waals surface area contributed by atoms with Crippen LogP contribution in [0.2, 0.25) is 0 Å². The lowest BCUT2D eigenvalue weighted by atomic mass is 9.99. The molecule has 1 saturated heterocycles. The SMILES string of the molecule is O=C1OC(c2nc(-c3cccc(CN4CCCCC4)c3)no2)Cc2ccccc21. The number of ether oxygens (including phenoxy) is 1. The number of fused-ring (bicyclic) bond motifs is 1. The van der Waals surface area contributed by atoms with Crippen LogP contribution in [-0.4, -0.2) is 34.1 Å². The average molecular weight is 389 g/mol. The van der Waals surface area contributed by atoms with Gasteiger partial charge in [-0.25, -0.2) is 4.79 Å². The molecule has 3 heterocycles. The summed E-state index contributed by atoms with van der Waals surface area (Å²) in [6.45, 7) is 3.26. The summed E-state index contributed by atoms with van der Waals surface area (Å²) >= 11 is 0. The van der Waals surface area contributed by atoms with Crippen molar-refractivity contribution >= 4 is 5.97 Å². The first-order valence-corrected chi connectivity index (χ1v) is 10.2. The zero-order valence-corrected chi connectivity index (χ0v) is 16.2. The van der Waals surface area contributed by atoms with Crippen molar-refractivity contribution in [3.8, 4) is 11.4 Å². The van der Waals surface area contributed by atoms with Gasteiger partial charge in [0.2, 0.25) is 5.82 Å². The number of carbonyl (C=O) groups is 1. The normalized spacial score (nSPS) is 19.6. The fourth-order valence-corrected chi connectivity index (χ4v) is 4.14. The van der Waals surface area contributed by atoms with Gasteiger partial charge < -0.3 is 9.26 Å². The van der Waals surface area contributed by atoms with Crippen molar-refractivity contribution in [2.75, 3.05) is 13.1 Å². The van der Waals surface area contributed by atoms with Gasteiger partial charge in [0.15, 0.2) is 6.10 Å². The number of benzene rings is 2. The molecule has 0 N–H and O–H groups in total. The number of piperidine rings is 1. The number of carbonyl (C=O) groups excluding carboxylic acids is 1. The molecule has 6 heteroatoms. The molecule has 1 aromatic heterocycles. The smallest absolute Gasteiger partial charge is 0.339 e. The second-order valence-electron chi connectivity index (χ2n) is 7.75. The van der Waals surface area contributed by atoms with Crippen LogP contribution in [0.3, 0.4) is 0 Å². The summed E-state index contributed by atoms with van der Waals surface area (Å²) in [5.74, 6) is 0.514. The molecule has 5 rings (SSSR count). The fraction of sp³-hybridized carbons (Fsp3) is 0.348. The Morgan fingerprint density at radius 2 is 1.90 bits per heavy atom. The maximum atomic E-state index is 12.3. The third-order valence-corrected chi connectivity index (χ3v) is 5.65. The predicted octanol–water partition coefficient (Wildman–Crippen LogP) is 4.18. The van der Waals surface area contributed by atoms with Crippen LogP contribution < -0.4 is 0 Å². The summed E-state index contributed by atoms with van der Waals surface area (Å²) in [4.78, 5) is 19.3. The Kier molecular flexibility index (Phi) is 4.86. The van der Waals surface area contributed by atoms with Crippen LogP contribution in [0.25, 0.3) is 11.4 Å². The van der Waals surface area contributed by atoms with Gasteiger partial charge in [-0.2, -0.15) is 4.98 Å². The van der Waals surface area contributed by atoms with Gasteiger partial charge in [-0.15, -0.1) is 0 Å². The highest BCUT2D eigenvalue weighted by Gasteiger charge is 2.31. The minimum atomic E-state index is -0.546. The summed E-state index contributed by atoms with van der Waals surface area (Å²) in [6.07, 6.45) is 3.88. The molecule has 2 aliphatic rings. The van der Waals surface area contributed by atoms with Gasteiger partial charge in [0.1, 0.15) is 0 Å². The molecule has 0 spiro atoms. The van der Waals surface area contributed by atoms with Crippen molar-refractivity contribution in [3.63, 3.8) is 0 Å². The third kappa shape index (κ3) is 3.80. The quantitative estimate of drug-likeness (QED) is 0.624. The van der Waals surface area contributed by atoms with Gasteiger partial charge in [-0.05, 0) is 49.2 Å². The van der Waals surface area contributed by atoms with Crippen LogP contribution in [0.15, 0.2) is 53.1 Å². The summed E-state index contributed by atoms with van der Waals surface area (Å²) in [7, 11) is 0.